The summed E-state index contributed by atoms with van der Waals surface area (Å²) in [6.07, 6.45) is 7.70. The zero-order valence-corrected chi connectivity index (χ0v) is 18.6. The molecule has 7 nitrogen and oxygen atoms in total. The second-order valence-corrected chi connectivity index (χ2v) is 7.50. The molecular formula is C21H28Cl2N6O. The first kappa shape index (κ1) is 24.1. The number of nitrogens with two attached hydrogens (primary N) is 1. The average Bonchev–Trinajstić information content (AvgIpc) is 3.13. The van der Waals surface area contributed by atoms with Crippen molar-refractivity contribution in [3.05, 3.63) is 47.9 Å². The Balaban J connectivity index is 0.00000160. The van der Waals surface area contributed by atoms with E-state index in [1.165, 1.54) is 19.3 Å². The normalized spacial score (nSPS) is 15.1. The van der Waals surface area contributed by atoms with Crippen LogP contribution in [0.2, 0.25) is 0 Å². The van der Waals surface area contributed by atoms with Crippen molar-refractivity contribution in [1.82, 2.24) is 25.3 Å². The fourth-order valence-corrected chi connectivity index (χ4v) is 4.18. The van der Waals surface area contributed by atoms with Crippen molar-refractivity contribution >= 4 is 41.6 Å². The highest BCUT2D eigenvalue weighted by molar-refractivity contribution is 5.94. The second kappa shape index (κ2) is 10.7. The molecule has 3 N–H and O–H groups in total. The van der Waals surface area contributed by atoms with Crippen molar-refractivity contribution in [3.63, 3.8) is 0 Å². The smallest absolute Gasteiger partial charge is 0.274 e. The largest absolute Gasteiger partial charge is 0.346 e. The van der Waals surface area contributed by atoms with Crippen molar-refractivity contribution in [2.75, 3.05) is 6.54 Å². The molecule has 4 rings (SSSR count). The summed E-state index contributed by atoms with van der Waals surface area (Å²) in [5.74, 6) is 0.241. The molecule has 3 aromatic rings. The lowest BCUT2D eigenvalue weighted by Crippen LogP contribution is -2.46. The molecule has 1 atom stereocenters. The minimum absolute atomic E-state index is 0. The molecule has 30 heavy (non-hydrogen) atoms. The van der Waals surface area contributed by atoms with Crippen molar-refractivity contribution in [2.24, 2.45) is 11.7 Å². The topological polar surface area (TPSA) is 98.7 Å². The Morgan fingerprint density at radius 3 is 2.70 bits per heavy atom. The highest BCUT2D eigenvalue weighted by Gasteiger charge is 2.26. The fourth-order valence-electron chi connectivity index (χ4n) is 4.18. The third-order valence-electron chi connectivity index (χ3n) is 5.75. The van der Waals surface area contributed by atoms with Gasteiger partial charge >= 0.3 is 0 Å². The van der Waals surface area contributed by atoms with Crippen molar-refractivity contribution < 1.29 is 4.79 Å². The van der Waals surface area contributed by atoms with E-state index in [0.717, 1.165) is 29.4 Å². The van der Waals surface area contributed by atoms with Gasteiger partial charge in [0.25, 0.3) is 5.91 Å². The van der Waals surface area contributed by atoms with Gasteiger partial charge in [0.15, 0.2) is 5.69 Å². The van der Waals surface area contributed by atoms with Gasteiger partial charge in [0, 0.05) is 24.2 Å². The number of amides is 1. The van der Waals surface area contributed by atoms with E-state index >= 15 is 0 Å². The number of carbonyl (C=O) groups is 1. The van der Waals surface area contributed by atoms with Gasteiger partial charge in [-0.15, -0.1) is 29.9 Å². The SMILES string of the molecule is Cc1c(C(=O)NC(CN)C2CCCCC2)nnn1-c1cccc2ncccc12.Cl.Cl. The molecule has 0 bridgehead atoms. The van der Waals surface area contributed by atoms with Crippen LogP contribution < -0.4 is 11.1 Å². The number of hydrogen-bond acceptors (Lipinski definition) is 5. The van der Waals surface area contributed by atoms with Crippen LogP contribution in [-0.2, 0) is 0 Å². The molecule has 1 saturated carbocycles. The number of pyridine rings is 1. The molecular weight excluding hydrogens is 423 g/mol. The predicted molar refractivity (Wildman–Crippen MR) is 123 cm³/mol. The molecule has 2 aromatic heterocycles. The Bertz CT molecular complexity index is 981. The van der Waals surface area contributed by atoms with E-state index in [9.17, 15) is 4.79 Å². The fraction of sp³-hybridized carbons (Fsp3) is 0.429. The maximum Gasteiger partial charge on any atom is 0.274 e. The number of hydrogen-bond donors (Lipinski definition) is 2. The summed E-state index contributed by atoms with van der Waals surface area (Å²) in [6, 6.07) is 9.71. The summed E-state index contributed by atoms with van der Waals surface area (Å²) in [7, 11) is 0. The van der Waals surface area contributed by atoms with Gasteiger partial charge in [-0.2, -0.15) is 0 Å². The van der Waals surface area contributed by atoms with Gasteiger partial charge in [0.05, 0.1) is 16.9 Å². The molecule has 0 saturated heterocycles. The molecule has 1 aromatic carbocycles. The minimum Gasteiger partial charge on any atom is -0.346 e. The first-order valence-electron chi connectivity index (χ1n) is 9.96. The van der Waals surface area contributed by atoms with Crippen LogP contribution in [-0.4, -0.2) is 38.5 Å². The molecule has 1 unspecified atom stereocenters. The third-order valence-corrected chi connectivity index (χ3v) is 5.75. The summed E-state index contributed by atoms with van der Waals surface area (Å²) >= 11 is 0. The zero-order valence-electron chi connectivity index (χ0n) is 17.0. The highest BCUT2D eigenvalue weighted by Crippen LogP contribution is 2.26. The summed E-state index contributed by atoms with van der Waals surface area (Å²) in [5.41, 5.74) is 8.74. The van der Waals surface area contributed by atoms with E-state index in [4.69, 9.17) is 5.73 Å². The van der Waals surface area contributed by atoms with Gasteiger partial charge < -0.3 is 11.1 Å². The Kier molecular flexibility index (Phi) is 8.58. The molecule has 0 spiro atoms. The molecule has 0 aliphatic heterocycles. The number of rotatable bonds is 5. The Morgan fingerprint density at radius 1 is 1.20 bits per heavy atom. The van der Waals surface area contributed by atoms with Gasteiger partial charge in [-0.25, -0.2) is 4.68 Å². The number of benzene rings is 1. The van der Waals surface area contributed by atoms with Crippen LogP contribution in [0.1, 0.15) is 48.3 Å². The molecule has 1 amide bonds. The highest BCUT2D eigenvalue weighted by atomic mass is 35.5. The number of carbonyl (C=O) groups excluding carboxylic acids is 1. The van der Waals surface area contributed by atoms with E-state index < -0.39 is 0 Å². The Morgan fingerprint density at radius 2 is 1.97 bits per heavy atom. The zero-order chi connectivity index (χ0) is 19.5. The Labute approximate surface area is 188 Å². The number of nitrogens with one attached hydrogen (secondary N) is 1. The predicted octanol–water partition coefficient (Wildman–Crippen LogP) is 3.60. The van der Waals surface area contributed by atoms with Crippen molar-refractivity contribution in [3.8, 4) is 5.69 Å². The van der Waals surface area contributed by atoms with Crippen LogP contribution in [0.5, 0.6) is 0 Å². The summed E-state index contributed by atoms with van der Waals surface area (Å²) in [5, 5.41) is 12.5. The minimum atomic E-state index is -0.205. The van der Waals surface area contributed by atoms with Crippen LogP contribution in [0.4, 0.5) is 0 Å². The van der Waals surface area contributed by atoms with E-state index in [0.29, 0.717) is 23.9 Å². The lowest BCUT2D eigenvalue weighted by atomic mass is 9.84. The Hall–Kier alpha value is -2.22. The monoisotopic (exact) mass is 450 g/mol. The van der Waals surface area contributed by atoms with E-state index in [1.54, 1.807) is 10.9 Å². The van der Waals surface area contributed by atoms with E-state index in [1.807, 2.05) is 37.3 Å². The van der Waals surface area contributed by atoms with E-state index in [-0.39, 0.29) is 36.8 Å². The van der Waals surface area contributed by atoms with Crippen LogP contribution in [0.15, 0.2) is 36.5 Å². The maximum absolute atomic E-state index is 12.9. The molecule has 9 heteroatoms. The lowest BCUT2D eigenvalue weighted by Gasteiger charge is -2.29. The first-order valence-corrected chi connectivity index (χ1v) is 9.96. The summed E-state index contributed by atoms with van der Waals surface area (Å²) < 4.78 is 1.71. The number of fused-ring (bicyclic) bond motifs is 1. The molecule has 1 aliphatic carbocycles. The summed E-state index contributed by atoms with van der Waals surface area (Å²) in [6.45, 7) is 2.31. The maximum atomic E-state index is 12.9. The molecule has 1 aliphatic rings. The van der Waals surface area contributed by atoms with Crippen LogP contribution in [0, 0.1) is 12.8 Å². The van der Waals surface area contributed by atoms with Crippen LogP contribution in [0.25, 0.3) is 16.6 Å². The van der Waals surface area contributed by atoms with Crippen LogP contribution >= 0.6 is 24.8 Å². The standard InChI is InChI=1S/C21H26N6O.2ClH/c1-14-20(21(28)24-18(13-22)15-7-3-2-4-8-15)25-26-27(14)19-11-5-10-17-16(19)9-6-12-23-17;;/h5-6,9-12,15,18H,2-4,7-8,13,22H2,1H3,(H,24,28);2*1H. The second-order valence-electron chi connectivity index (χ2n) is 7.50. The number of halogens is 2. The van der Waals surface area contributed by atoms with Gasteiger partial charge in [-0.05, 0) is 49.9 Å². The average molecular weight is 451 g/mol. The number of nitrogens with zero attached hydrogens (tertiary/aromatic N) is 4. The molecule has 162 valence electrons. The van der Waals surface area contributed by atoms with Gasteiger partial charge in [-0.3, -0.25) is 9.78 Å². The molecule has 2 heterocycles. The van der Waals surface area contributed by atoms with Gasteiger partial charge in [0.1, 0.15) is 0 Å². The van der Waals surface area contributed by atoms with Gasteiger partial charge in [0.2, 0.25) is 0 Å². The molecule has 0 radical (unpaired) electrons. The number of aromatic nitrogens is 4. The van der Waals surface area contributed by atoms with Gasteiger partial charge in [-0.1, -0.05) is 30.5 Å². The quantitative estimate of drug-likeness (QED) is 0.618. The lowest BCUT2D eigenvalue weighted by molar-refractivity contribution is 0.0909. The first-order chi connectivity index (χ1) is 13.7. The van der Waals surface area contributed by atoms with Crippen molar-refractivity contribution in [1.29, 1.82) is 0 Å². The van der Waals surface area contributed by atoms with E-state index in [2.05, 4.69) is 20.6 Å². The summed E-state index contributed by atoms with van der Waals surface area (Å²) in [4.78, 5) is 17.3. The third kappa shape index (κ3) is 4.74. The van der Waals surface area contributed by atoms with Crippen LogP contribution in [0.3, 0.4) is 0 Å². The van der Waals surface area contributed by atoms with Crippen molar-refractivity contribution in [2.45, 2.75) is 45.1 Å². The molecule has 1 fully saturated rings.